The van der Waals surface area contributed by atoms with Crippen LogP contribution in [0.1, 0.15) is 58.8 Å². The second kappa shape index (κ2) is 4.79. The summed E-state index contributed by atoms with van der Waals surface area (Å²) in [6.45, 7) is 4.18. The van der Waals surface area contributed by atoms with Crippen molar-refractivity contribution >= 4 is 11.7 Å². The molecule has 1 heterocycles. The molecule has 96 valence electrons. The molecule has 0 saturated heterocycles. The normalized spacial score (nSPS) is 30.9. The summed E-state index contributed by atoms with van der Waals surface area (Å²) in [6, 6.07) is 0. The van der Waals surface area contributed by atoms with Crippen molar-refractivity contribution in [3.63, 3.8) is 0 Å². The van der Waals surface area contributed by atoms with Crippen molar-refractivity contribution in [1.82, 2.24) is 4.90 Å². The second-order valence-electron chi connectivity index (χ2n) is 5.62. The van der Waals surface area contributed by atoms with Gasteiger partial charge in [0.15, 0.2) is 0 Å². The van der Waals surface area contributed by atoms with E-state index in [-0.39, 0.29) is 5.91 Å². The number of likely N-dealkylation sites (N-methyl/N-ethyl adjacent to an activating group) is 1. The van der Waals surface area contributed by atoms with Gasteiger partial charge in [0.05, 0.1) is 0 Å². The average Bonchev–Trinajstić information content (AvgIpc) is 2.57. The van der Waals surface area contributed by atoms with Crippen molar-refractivity contribution in [3.8, 4) is 0 Å². The van der Waals surface area contributed by atoms with Gasteiger partial charge in [0.25, 0.3) is 5.91 Å². The van der Waals surface area contributed by atoms with Gasteiger partial charge in [0.2, 0.25) is 0 Å². The van der Waals surface area contributed by atoms with E-state index in [1.807, 2.05) is 14.0 Å². The SMILES string of the molecule is CCCC1=NC(C)(C2CCCCC2)C(=O)N1C. The Morgan fingerprint density at radius 1 is 1.35 bits per heavy atom. The molecule has 1 aliphatic heterocycles. The molecular weight excluding hydrogens is 212 g/mol. The molecule has 3 nitrogen and oxygen atoms in total. The number of rotatable bonds is 3. The van der Waals surface area contributed by atoms with Crippen LogP contribution in [0.15, 0.2) is 4.99 Å². The first-order chi connectivity index (χ1) is 8.09. The third-order valence-corrected chi connectivity index (χ3v) is 4.36. The van der Waals surface area contributed by atoms with Crippen LogP contribution in [0, 0.1) is 5.92 Å². The van der Waals surface area contributed by atoms with Crippen molar-refractivity contribution in [2.45, 2.75) is 64.3 Å². The number of hydrogen-bond acceptors (Lipinski definition) is 2. The Morgan fingerprint density at radius 2 is 2.00 bits per heavy atom. The average molecular weight is 236 g/mol. The van der Waals surface area contributed by atoms with Crippen molar-refractivity contribution in [3.05, 3.63) is 0 Å². The van der Waals surface area contributed by atoms with E-state index in [1.165, 1.54) is 32.1 Å². The zero-order valence-corrected chi connectivity index (χ0v) is 11.3. The van der Waals surface area contributed by atoms with Gasteiger partial charge in [-0.05, 0) is 32.1 Å². The highest BCUT2D eigenvalue weighted by Crippen LogP contribution is 2.39. The van der Waals surface area contributed by atoms with Gasteiger partial charge in [-0.3, -0.25) is 9.79 Å². The molecule has 0 radical (unpaired) electrons. The fraction of sp³-hybridized carbons (Fsp3) is 0.857. The smallest absolute Gasteiger partial charge is 0.255 e. The zero-order chi connectivity index (χ0) is 12.5. The summed E-state index contributed by atoms with van der Waals surface area (Å²) >= 11 is 0. The zero-order valence-electron chi connectivity index (χ0n) is 11.3. The van der Waals surface area contributed by atoms with Crippen LogP contribution in [0.4, 0.5) is 0 Å². The molecule has 3 heteroatoms. The fourth-order valence-corrected chi connectivity index (χ4v) is 3.23. The number of carbonyl (C=O) groups is 1. The first kappa shape index (κ1) is 12.6. The maximum atomic E-state index is 12.4. The molecule has 1 fully saturated rings. The molecule has 0 N–H and O–H groups in total. The molecule has 0 spiro atoms. The molecule has 0 aromatic rings. The van der Waals surface area contributed by atoms with Crippen LogP contribution in [-0.2, 0) is 4.79 Å². The maximum absolute atomic E-state index is 12.4. The number of amides is 1. The lowest BCUT2D eigenvalue weighted by molar-refractivity contribution is -0.131. The lowest BCUT2D eigenvalue weighted by Gasteiger charge is -2.32. The summed E-state index contributed by atoms with van der Waals surface area (Å²) in [5.74, 6) is 1.67. The topological polar surface area (TPSA) is 32.7 Å². The number of carbonyl (C=O) groups excluding carboxylic acids is 1. The number of aliphatic imine (C=N–C) groups is 1. The molecule has 1 saturated carbocycles. The number of nitrogens with zero attached hydrogens (tertiary/aromatic N) is 2. The van der Waals surface area contributed by atoms with Gasteiger partial charge in [0, 0.05) is 13.5 Å². The Morgan fingerprint density at radius 3 is 2.59 bits per heavy atom. The Hall–Kier alpha value is -0.860. The maximum Gasteiger partial charge on any atom is 0.255 e. The molecule has 0 bridgehead atoms. The summed E-state index contributed by atoms with van der Waals surface area (Å²) in [5, 5.41) is 0. The Labute approximate surface area is 104 Å². The highest BCUT2D eigenvalue weighted by Gasteiger charge is 2.48. The first-order valence-electron chi connectivity index (χ1n) is 6.96. The van der Waals surface area contributed by atoms with Gasteiger partial charge >= 0.3 is 0 Å². The molecule has 2 rings (SSSR count). The summed E-state index contributed by atoms with van der Waals surface area (Å²) in [5.41, 5.74) is -0.459. The van der Waals surface area contributed by atoms with Crippen molar-refractivity contribution in [2.75, 3.05) is 7.05 Å². The summed E-state index contributed by atoms with van der Waals surface area (Å²) in [6.07, 6.45) is 8.15. The van der Waals surface area contributed by atoms with E-state index in [1.54, 1.807) is 4.90 Å². The van der Waals surface area contributed by atoms with Crippen LogP contribution >= 0.6 is 0 Å². The van der Waals surface area contributed by atoms with Crippen LogP contribution in [0.5, 0.6) is 0 Å². The summed E-state index contributed by atoms with van der Waals surface area (Å²) in [7, 11) is 1.88. The molecule has 2 aliphatic rings. The fourth-order valence-electron chi connectivity index (χ4n) is 3.23. The van der Waals surface area contributed by atoms with E-state index < -0.39 is 5.54 Å². The van der Waals surface area contributed by atoms with Gasteiger partial charge in [-0.2, -0.15) is 0 Å². The standard InChI is InChI=1S/C14H24N2O/c1-4-8-12-15-14(2,13(17)16(12)3)11-9-6-5-7-10-11/h11H,4-10H2,1-3H3. The predicted molar refractivity (Wildman–Crippen MR) is 70.1 cm³/mol. The largest absolute Gasteiger partial charge is 0.302 e. The molecule has 1 atom stereocenters. The van der Waals surface area contributed by atoms with Crippen molar-refractivity contribution < 1.29 is 4.79 Å². The van der Waals surface area contributed by atoms with Gasteiger partial charge in [-0.15, -0.1) is 0 Å². The molecule has 17 heavy (non-hydrogen) atoms. The van der Waals surface area contributed by atoms with Crippen LogP contribution in [0.2, 0.25) is 0 Å². The van der Waals surface area contributed by atoms with Crippen LogP contribution in [0.25, 0.3) is 0 Å². The first-order valence-corrected chi connectivity index (χ1v) is 6.96. The Bertz CT molecular complexity index is 331. The Balaban J connectivity index is 2.20. The lowest BCUT2D eigenvalue weighted by Crippen LogP contribution is -2.44. The van der Waals surface area contributed by atoms with Crippen molar-refractivity contribution in [2.24, 2.45) is 10.9 Å². The minimum Gasteiger partial charge on any atom is -0.302 e. The second-order valence-corrected chi connectivity index (χ2v) is 5.62. The van der Waals surface area contributed by atoms with Crippen LogP contribution in [-0.4, -0.2) is 29.2 Å². The van der Waals surface area contributed by atoms with E-state index in [0.717, 1.165) is 18.7 Å². The quantitative estimate of drug-likeness (QED) is 0.741. The molecule has 1 unspecified atom stereocenters. The molecule has 0 aromatic heterocycles. The van der Waals surface area contributed by atoms with Gasteiger partial charge in [-0.1, -0.05) is 26.2 Å². The third-order valence-electron chi connectivity index (χ3n) is 4.36. The van der Waals surface area contributed by atoms with Gasteiger partial charge < -0.3 is 4.90 Å². The lowest BCUT2D eigenvalue weighted by atomic mass is 9.76. The van der Waals surface area contributed by atoms with Crippen LogP contribution in [0.3, 0.4) is 0 Å². The predicted octanol–water partition coefficient (Wildman–Crippen LogP) is 3.00. The Kier molecular flexibility index (Phi) is 3.55. The van der Waals surface area contributed by atoms with E-state index in [4.69, 9.17) is 4.99 Å². The minimum atomic E-state index is -0.459. The van der Waals surface area contributed by atoms with E-state index in [0.29, 0.717) is 5.92 Å². The van der Waals surface area contributed by atoms with Gasteiger partial charge in [0.1, 0.15) is 11.4 Å². The summed E-state index contributed by atoms with van der Waals surface area (Å²) in [4.78, 5) is 19.0. The van der Waals surface area contributed by atoms with Crippen molar-refractivity contribution in [1.29, 1.82) is 0 Å². The van der Waals surface area contributed by atoms with E-state index in [2.05, 4.69) is 6.92 Å². The molecular formula is C14H24N2O. The van der Waals surface area contributed by atoms with E-state index >= 15 is 0 Å². The van der Waals surface area contributed by atoms with E-state index in [9.17, 15) is 4.79 Å². The minimum absolute atomic E-state index is 0.216. The third kappa shape index (κ3) is 2.12. The van der Waals surface area contributed by atoms with Crippen LogP contribution < -0.4 is 0 Å². The monoisotopic (exact) mass is 236 g/mol. The summed E-state index contributed by atoms with van der Waals surface area (Å²) < 4.78 is 0. The highest BCUT2D eigenvalue weighted by atomic mass is 16.2. The highest BCUT2D eigenvalue weighted by molar-refractivity contribution is 6.07. The number of amidine groups is 1. The number of hydrogen-bond donors (Lipinski definition) is 0. The molecule has 1 amide bonds. The van der Waals surface area contributed by atoms with Gasteiger partial charge in [-0.25, -0.2) is 0 Å². The molecule has 1 aliphatic carbocycles. The molecule has 0 aromatic carbocycles.